The lowest BCUT2D eigenvalue weighted by atomic mass is 10.1. The predicted molar refractivity (Wildman–Crippen MR) is 84.3 cm³/mol. The summed E-state index contributed by atoms with van der Waals surface area (Å²) in [4.78, 5) is 17.3. The van der Waals surface area contributed by atoms with Crippen LogP contribution in [0, 0.1) is 0 Å². The highest BCUT2D eigenvalue weighted by Crippen LogP contribution is 2.38. The van der Waals surface area contributed by atoms with Crippen LogP contribution in [0.5, 0.6) is 0 Å². The van der Waals surface area contributed by atoms with Crippen LogP contribution in [-0.4, -0.2) is 24.3 Å². The third-order valence-electron chi connectivity index (χ3n) is 3.10. The first-order chi connectivity index (χ1) is 10.3. The van der Waals surface area contributed by atoms with Crippen molar-refractivity contribution in [2.24, 2.45) is 4.99 Å². The molecule has 0 bridgehead atoms. The predicted octanol–water partition coefficient (Wildman–Crippen LogP) is 3.60. The number of aliphatic imine (C=N–C) groups is 1. The van der Waals surface area contributed by atoms with E-state index in [-0.39, 0.29) is 5.37 Å². The van der Waals surface area contributed by atoms with E-state index in [2.05, 4.69) is 5.32 Å². The number of alkyl carbamates (subject to hydrolysis) is 1. The molecule has 106 valence electrons. The molecule has 1 atom stereocenters. The zero-order valence-electron chi connectivity index (χ0n) is 11.4. The summed E-state index contributed by atoms with van der Waals surface area (Å²) in [7, 11) is 1.36. The number of nitrogens with one attached hydrogen (secondary N) is 1. The number of benzene rings is 2. The lowest BCUT2D eigenvalue weighted by molar-refractivity contribution is 0.172. The van der Waals surface area contributed by atoms with Crippen LogP contribution in [0.1, 0.15) is 5.56 Å². The number of thioether (sulfide) groups is 1. The summed E-state index contributed by atoms with van der Waals surface area (Å²) < 4.78 is 4.71. The van der Waals surface area contributed by atoms with Crippen molar-refractivity contribution in [1.29, 1.82) is 0 Å². The number of ether oxygens (including phenoxy) is 1. The topological polar surface area (TPSA) is 50.7 Å². The van der Waals surface area contributed by atoms with Gasteiger partial charge in [0, 0.05) is 4.90 Å². The Balaban J connectivity index is 2.02. The molecule has 0 saturated heterocycles. The number of amides is 1. The van der Waals surface area contributed by atoms with Gasteiger partial charge in [-0.2, -0.15) is 0 Å². The Morgan fingerprint density at radius 3 is 2.62 bits per heavy atom. The minimum absolute atomic E-state index is 0.269. The van der Waals surface area contributed by atoms with Crippen LogP contribution in [0.4, 0.5) is 10.5 Å². The van der Waals surface area contributed by atoms with E-state index in [1.54, 1.807) is 11.8 Å². The molecule has 1 unspecified atom stereocenters. The Labute approximate surface area is 127 Å². The minimum atomic E-state index is -0.462. The molecule has 0 aliphatic carbocycles. The highest BCUT2D eigenvalue weighted by atomic mass is 32.2. The molecule has 1 N–H and O–H groups in total. The summed E-state index contributed by atoms with van der Waals surface area (Å²) in [6.45, 7) is 0. The Hall–Kier alpha value is -2.27. The normalized spacial score (nSPS) is 16.6. The number of carbonyl (C=O) groups excluding carboxylic acids is 1. The van der Waals surface area contributed by atoms with E-state index >= 15 is 0 Å². The molecule has 0 fully saturated rings. The van der Waals surface area contributed by atoms with E-state index in [9.17, 15) is 4.79 Å². The van der Waals surface area contributed by atoms with Gasteiger partial charge in [-0.1, -0.05) is 54.2 Å². The zero-order chi connectivity index (χ0) is 14.7. The van der Waals surface area contributed by atoms with Crippen molar-refractivity contribution in [2.45, 2.75) is 10.3 Å². The molecule has 1 amide bonds. The van der Waals surface area contributed by atoms with E-state index in [4.69, 9.17) is 9.73 Å². The largest absolute Gasteiger partial charge is 0.453 e. The smallest absolute Gasteiger partial charge is 0.408 e. The highest BCUT2D eigenvalue weighted by Gasteiger charge is 2.26. The van der Waals surface area contributed by atoms with Gasteiger partial charge in [-0.05, 0) is 17.7 Å². The van der Waals surface area contributed by atoms with Gasteiger partial charge in [-0.25, -0.2) is 9.79 Å². The summed E-state index contributed by atoms with van der Waals surface area (Å²) in [5.41, 5.74) is 2.73. The number of rotatable bonds is 2. The van der Waals surface area contributed by atoms with Gasteiger partial charge in [0.05, 0.1) is 18.5 Å². The number of fused-ring (bicyclic) bond motifs is 1. The molecule has 4 nitrogen and oxygen atoms in total. The second kappa shape index (κ2) is 6.01. The number of nitrogens with zero attached hydrogens (tertiary/aromatic N) is 1. The molecule has 1 aliphatic heterocycles. The fourth-order valence-corrected chi connectivity index (χ4v) is 3.21. The van der Waals surface area contributed by atoms with E-state index in [0.29, 0.717) is 0 Å². The van der Waals surface area contributed by atoms with E-state index in [1.807, 2.05) is 54.6 Å². The first kappa shape index (κ1) is 13.7. The molecule has 0 radical (unpaired) electrons. The van der Waals surface area contributed by atoms with Crippen LogP contribution < -0.4 is 5.32 Å². The van der Waals surface area contributed by atoms with Crippen molar-refractivity contribution in [2.75, 3.05) is 7.11 Å². The second-order valence-electron chi connectivity index (χ2n) is 4.46. The summed E-state index contributed by atoms with van der Waals surface area (Å²) in [6.07, 6.45) is -0.462. The van der Waals surface area contributed by atoms with Crippen molar-refractivity contribution in [3.8, 4) is 0 Å². The van der Waals surface area contributed by atoms with Crippen LogP contribution in [0.15, 0.2) is 64.5 Å². The van der Waals surface area contributed by atoms with E-state index in [0.717, 1.165) is 21.9 Å². The van der Waals surface area contributed by atoms with Gasteiger partial charge >= 0.3 is 6.09 Å². The average molecular weight is 298 g/mol. The summed E-state index contributed by atoms with van der Waals surface area (Å²) in [5, 5.41) is 2.56. The van der Waals surface area contributed by atoms with Crippen LogP contribution >= 0.6 is 11.8 Å². The molecule has 3 rings (SSSR count). The second-order valence-corrected chi connectivity index (χ2v) is 5.61. The van der Waals surface area contributed by atoms with Gasteiger partial charge in [0.1, 0.15) is 5.37 Å². The molecule has 0 aromatic heterocycles. The number of para-hydroxylation sites is 1. The van der Waals surface area contributed by atoms with Crippen LogP contribution in [0.2, 0.25) is 0 Å². The van der Waals surface area contributed by atoms with Gasteiger partial charge in [-0.3, -0.25) is 0 Å². The maximum atomic E-state index is 11.6. The maximum Gasteiger partial charge on any atom is 0.408 e. The first-order valence-corrected chi connectivity index (χ1v) is 7.40. The van der Waals surface area contributed by atoms with Crippen molar-refractivity contribution < 1.29 is 9.53 Å². The standard InChI is InChI=1S/C16H14N2O2S/c1-20-16(19)18-15-14(11-7-3-2-4-8-11)17-12-9-5-6-10-13(12)21-15/h2-10,15H,1H3,(H,18,19). The van der Waals surface area contributed by atoms with Crippen molar-refractivity contribution in [1.82, 2.24) is 5.32 Å². The molecule has 21 heavy (non-hydrogen) atoms. The quantitative estimate of drug-likeness (QED) is 0.921. The lowest BCUT2D eigenvalue weighted by Crippen LogP contribution is -2.39. The fourth-order valence-electron chi connectivity index (χ4n) is 2.11. The molecular formula is C16H14N2O2S. The van der Waals surface area contributed by atoms with Gasteiger partial charge in [0.25, 0.3) is 0 Å². The SMILES string of the molecule is COC(=O)NC1Sc2ccccc2N=C1c1ccccc1. The Kier molecular flexibility index (Phi) is 3.92. The third kappa shape index (κ3) is 2.92. The molecule has 0 saturated carbocycles. The summed E-state index contributed by atoms with van der Waals surface area (Å²) in [5.74, 6) is 0. The number of hydrogen-bond donors (Lipinski definition) is 1. The average Bonchev–Trinajstić information content (AvgIpc) is 2.55. The zero-order valence-corrected chi connectivity index (χ0v) is 12.3. The molecule has 1 heterocycles. The molecule has 5 heteroatoms. The Bertz CT molecular complexity index is 686. The van der Waals surface area contributed by atoms with Crippen LogP contribution in [0.25, 0.3) is 0 Å². The number of methoxy groups -OCH3 is 1. The maximum absolute atomic E-state index is 11.6. The summed E-state index contributed by atoms with van der Waals surface area (Å²) in [6, 6.07) is 17.7. The van der Waals surface area contributed by atoms with Crippen molar-refractivity contribution >= 4 is 29.3 Å². The Morgan fingerprint density at radius 2 is 1.86 bits per heavy atom. The van der Waals surface area contributed by atoms with E-state index in [1.165, 1.54) is 7.11 Å². The monoisotopic (exact) mass is 298 g/mol. The number of hydrogen-bond acceptors (Lipinski definition) is 4. The summed E-state index contributed by atoms with van der Waals surface area (Å²) >= 11 is 1.56. The third-order valence-corrected chi connectivity index (χ3v) is 4.28. The molecule has 1 aliphatic rings. The van der Waals surface area contributed by atoms with E-state index < -0.39 is 6.09 Å². The van der Waals surface area contributed by atoms with Crippen LogP contribution in [0.3, 0.4) is 0 Å². The van der Waals surface area contributed by atoms with Crippen molar-refractivity contribution in [3.63, 3.8) is 0 Å². The molecule has 0 spiro atoms. The van der Waals surface area contributed by atoms with Gasteiger partial charge in [-0.15, -0.1) is 0 Å². The van der Waals surface area contributed by atoms with Gasteiger partial charge < -0.3 is 10.1 Å². The van der Waals surface area contributed by atoms with Crippen LogP contribution in [-0.2, 0) is 4.74 Å². The van der Waals surface area contributed by atoms with Gasteiger partial charge in [0.15, 0.2) is 0 Å². The minimum Gasteiger partial charge on any atom is -0.453 e. The molecular weight excluding hydrogens is 284 g/mol. The highest BCUT2D eigenvalue weighted by molar-refractivity contribution is 8.00. The Morgan fingerprint density at radius 1 is 1.14 bits per heavy atom. The molecule has 2 aromatic rings. The van der Waals surface area contributed by atoms with Crippen molar-refractivity contribution in [3.05, 3.63) is 60.2 Å². The fraction of sp³-hybridized carbons (Fsp3) is 0.125. The number of carbonyl (C=O) groups is 1. The molecule has 2 aromatic carbocycles. The first-order valence-electron chi connectivity index (χ1n) is 6.52. The lowest BCUT2D eigenvalue weighted by Gasteiger charge is -2.24. The van der Waals surface area contributed by atoms with Gasteiger partial charge in [0.2, 0.25) is 0 Å².